The molecular formula is C21H16N4+2. The number of aromatic nitrogens is 4. The number of hydrogen-bond acceptors (Lipinski definition) is 1. The lowest BCUT2D eigenvalue weighted by Crippen LogP contribution is -2.31. The molecule has 4 nitrogen and oxygen atoms in total. The van der Waals surface area contributed by atoms with Crippen LogP contribution in [-0.2, 0) is 13.6 Å². The Morgan fingerprint density at radius 3 is 2.80 bits per heavy atom. The van der Waals surface area contributed by atoms with E-state index in [1.807, 2.05) is 12.3 Å². The first-order chi connectivity index (χ1) is 12.3. The van der Waals surface area contributed by atoms with E-state index in [1.54, 1.807) is 0 Å². The lowest BCUT2D eigenvalue weighted by Gasteiger charge is -2.01. The van der Waals surface area contributed by atoms with Gasteiger partial charge in [0.1, 0.15) is 25.2 Å². The van der Waals surface area contributed by atoms with E-state index in [-0.39, 0.29) is 0 Å². The molecule has 0 saturated heterocycles. The van der Waals surface area contributed by atoms with Crippen LogP contribution in [0, 0.1) is 0 Å². The zero-order chi connectivity index (χ0) is 16.5. The van der Waals surface area contributed by atoms with Crippen LogP contribution < -0.4 is 8.97 Å². The summed E-state index contributed by atoms with van der Waals surface area (Å²) < 4.78 is 6.93. The van der Waals surface area contributed by atoms with Crippen molar-refractivity contribution < 1.29 is 8.97 Å². The Labute approximate surface area is 144 Å². The zero-order valence-corrected chi connectivity index (χ0v) is 13.8. The first-order valence-corrected chi connectivity index (χ1v) is 8.51. The molecule has 5 aromatic rings. The van der Waals surface area contributed by atoms with E-state index in [1.165, 1.54) is 33.4 Å². The fourth-order valence-corrected chi connectivity index (χ4v) is 4.23. The summed E-state index contributed by atoms with van der Waals surface area (Å²) in [6.07, 6.45) is 6.29. The van der Waals surface area contributed by atoms with Crippen molar-refractivity contribution in [1.82, 2.24) is 9.55 Å². The number of benzene rings is 1. The van der Waals surface area contributed by atoms with Gasteiger partial charge >= 0.3 is 5.65 Å². The molecule has 1 aliphatic rings. The predicted octanol–water partition coefficient (Wildman–Crippen LogP) is 2.78. The van der Waals surface area contributed by atoms with Crippen molar-refractivity contribution in [2.24, 2.45) is 7.05 Å². The normalized spacial score (nSPS) is 12.8. The van der Waals surface area contributed by atoms with Gasteiger partial charge in [0.05, 0.1) is 0 Å². The standard InChI is InChI=1S/C21H16N4/c1-23-11-9-15-12-24-17(14-6-3-2-4-7-14)13-25-16-8-5-10-22-19(16)20(23)18(15)21(24)25/h2-11,13H,12H2,1H3/q+2. The van der Waals surface area contributed by atoms with Crippen molar-refractivity contribution in [3.8, 4) is 11.3 Å². The molecule has 118 valence electrons. The van der Waals surface area contributed by atoms with E-state index in [0.29, 0.717) is 0 Å². The molecule has 1 aromatic carbocycles. The lowest BCUT2D eigenvalue weighted by atomic mass is 10.1. The second-order valence-corrected chi connectivity index (χ2v) is 6.71. The molecule has 25 heavy (non-hydrogen) atoms. The van der Waals surface area contributed by atoms with Gasteiger partial charge in [0.15, 0.2) is 22.9 Å². The molecule has 0 unspecified atom stereocenters. The van der Waals surface area contributed by atoms with E-state index >= 15 is 0 Å². The predicted molar refractivity (Wildman–Crippen MR) is 96.1 cm³/mol. The third-order valence-corrected chi connectivity index (χ3v) is 5.33. The molecular weight excluding hydrogens is 308 g/mol. The third kappa shape index (κ3) is 1.54. The van der Waals surface area contributed by atoms with E-state index in [4.69, 9.17) is 4.98 Å². The van der Waals surface area contributed by atoms with Crippen molar-refractivity contribution in [3.05, 3.63) is 72.7 Å². The highest BCUT2D eigenvalue weighted by molar-refractivity contribution is 6.05. The van der Waals surface area contributed by atoms with Crippen molar-refractivity contribution in [2.75, 3.05) is 0 Å². The van der Waals surface area contributed by atoms with Gasteiger partial charge in [-0.3, -0.25) is 0 Å². The van der Waals surface area contributed by atoms with Crippen LogP contribution in [0.1, 0.15) is 5.56 Å². The van der Waals surface area contributed by atoms with Crippen LogP contribution in [0.2, 0.25) is 0 Å². The Morgan fingerprint density at radius 2 is 1.92 bits per heavy atom. The summed E-state index contributed by atoms with van der Waals surface area (Å²) in [5, 5.41) is 1.32. The monoisotopic (exact) mass is 324 g/mol. The maximum Gasteiger partial charge on any atom is 0.302 e. The minimum absolute atomic E-state index is 0.906. The van der Waals surface area contributed by atoms with E-state index < -0.39 is 0 Å². The number of imidazole rings is 1. The summed E-state index contributed by atoms with van der Waals surface area (Å²) in [4.78, 5) is 4.72. The topological polar surface area (TPSA) is 25.8 Å². The second-order valence-electron chi connectivity index (χ2n) is 6.71. The molecule has 0 saturated carbocycles. The first-order valence-electron chi connectivity index (χ1n) is 8.51. The van der Waals surface area contributed by atoms with Crippen LogP contribution in [0.4, 0.5) is 0 Å². The average molecular weight is 324 g/mol. The molecule has 0 radical (unpaired) electrons. The number of pyridine rings is 3. The Morgan fingerprint density at radius 1 is 1.04 bits per heavy atom. The molecule has 0 atom stereocenters. The van der Waals surface area contributed by atoms with Gasteiger partial charge in [-0.2, -0.15) is 8.97 Å². The van der Waals surface area contributed by atoms with Crippen LogP contribution in [0.25, 0.3) is 38.8 Å². The molecule has 4 heteroatoms. The molecule has 0 spiro atoms. The van der Waals surface area contributed by atoms with Gasteiger partial charge in [0.25, 0.3) is 5.52 Å². The maximum absolute atomic E-state index is 4.72. The highest BCUT2D eigenvalue weighted by Gasteiger charge is 2.35. The van der Waals surface area contributed by atoms with Gasteiger partial charge in [0, 0.05) is 23.4 Å². The highest BCUT2D eigenvalue weighted by Crippen LogP contribution is 2.34. The Balaban J connectivity index is 1.90. The van der Waals surface area contributed by atoms with Gasteiger partial charge in [-0.05, 0) is 12.1 Å². The molecule has 1 aliphatic heterocycles. The number of fused-ring (bicyclic) bond motifs is 3. The van der Waals surface area contributed by atoms with Gasteiger partial charge < -0.3 is 0 Å². The summed E-state index contributed by atoms with van der Waals surface area (Å²) in [5.74, 6) is 0. The Hall–Kier alpha value is -3.27. The van der Waals surface area contributed by atoms with Gasteiger partial charge in [0.2, 0.25) is 0 Å². The number of aryl methyl sites for hydroxylation is 1. The Kier molecular flexibility index (Phi) is 2.31. The van der Waals surface area contributed by atoms with Crippen LogP contribution in [-0.4, -0.2) is 9.55 Å². The van der Waals surface area contributed by atoms with Crippen molar-refractivity contribution in [2.45, 2.75) is 6.54 Å². The van der Waals surface area contributed by atoms with Crippen molar-refractivity contribution >= 4 is 27.6 Å². The van der Waals surface area contributed by atoms with Gasteiger partial charge in [-0.15, -0.1) is 0 Å². The van der Waals surface area contributed by atoms with Crippen LogP contribution in [0.15, 0.2) is 67.1 Å². The molecule has 0 bridgehead atoms. The summed E-state index contributed by atoms with van der Waals surface area (Å²) in [5.41, 5.74) is 8.54. The fourth-order valence-electron chi connectivity index (χ4n) is 4.23. The minimum Gasteiger partial charge on any atom is -0.246 e. The van der Waals surface area contributed by atoms with Crippen LogP contribution in [0.3, 0.4) is 0 Å². The molecule has 5 heterocycles. The summed E-state index contributed by atoms with van der Waals surface area (Å²) >= 11 is 0. The van der Waals surface area contributed by atoms with Crippen LogP contribution in [0.5, 0.6) is 0 Å². The minimum atomic E-state index is 0.906. The quantitative estimate of drug-likeness (QED) is 0.337. The number of nitrogens with zero attached hydrogens (tertiary/aromatic N) is 4. The van der Waals surface area contributed by atoms with E-state index in [9.17, 15) is 0 Å². The smallest absolute Gasteiger partial charge is 0.246 e. The number of hydrogen-bond donors (Lipinski definition) is 0. The Bertz CT molecular complexity index is 1320. The fraction of sp³-hybridized carbons (Fsp3) is 0.0952. The maximum atomic E-state index is 4.72. The van der Waals surface area contributed by atoms with E-state index in [2.05, 4.69) is 75.4 Å². The molecule has 0 N–H and O–H groups in total. The average Bonchev–Trinajstić information content (AvgIpc) is 3.21. The summed E-state index contributed by atoms with van der Waals surface area (Å²) in [7, 11) is 2.10. The van der Waals surface area contributed by atoms with Crippen molar-refractivity contribution in [1.29, 1.82) is 0 Å². The molecule has 0 aliphatic carbocycles. The molecule has 6 rings (SSSR count). The first kappa shape index (κ1) is 13.1. The van der Waals surface area contributed by atoms with Gasteiger partial charge in [-0.25, -0.2) is 9.55 Å². The number of rotatable bonds is 1. The lowest BCUT2D eigenvalue weighted by molar-refractivity contribution is -0.644. The third-order valence-electron chi connectivity index (χ3n) is 5.33. The molecule has 4 aromatic heterocycles. The SMILES string of the molecule is C[n+]1ccc2c3c1c1ncccc1[n+]1cc(-c4ccccc4)n(c31)C2. The molecule has 0 amide bonds. The van der Waals surface area contributed by atoms with Crippen molar-refractivity contribution in [3.63, 3.8) is 0 Å². The highest BCUT2D eigenvalue weighted by atomic mass is 15.1. The summed E-state index contributed by atoms with van der Waals surface area (Å²) in [6, 6.07) is 17.0. The summed E-state index contributed by atoms with van der Waals surface area (Å²) in [6.45, 7) is 0.906. The second kappa shape index (κ2) is 4.42. The largest absolute Gasteiger partial charge is 0.302 e. The van der Waals surface area contributed by atoms with E-state index in [0.717, 1.165) is 17.6 Å². The zero-order valence-electron chi connectivity index (χ0n) is 13.8. The molecule has 0 fully saturated rings. The van der Waals surface area contributed by atoms with Crippen LogP contribution >= 0.6 is 0 Å². The van der Waals surface area contributed by atoms with Gasteiger partial charge in [-0.1, -0.05) is 30.3 Å².